The minimum Gasteiger partial charge on any atom is -0.497 e. The van der Waals surface area contributed by atoms with Crippen molar-refractivity contribution in [2.75, 3.05) is 26.2 Å². The average Bonchev–Trinajstić information content (AvgIpc) is 3.50. The molecule has 216 valence electrons. The first-order valence-corrected chi connectivity index (χ1v) is 12.6. The number of carboxylic acid groups (broad SMARTS) is 1. The van der Waals surface area contributed by atoms with Gasteiger partial charge in [-0.1, -0.05) is 36.4 Å². The molecule has 2 amide bonds. The molecule has 4 unspecified atom stereocenters. The maximum Gasteiger partial charge on any atom is 0.341 e. The topological polar surface area (TPSA) is 175 Å². The molecule has 2 N–H and O–H groups in total. The number of carboxylic acids is 1. The van der Waals surface area contributed by atoms with E-state index in [-0.39, 0.29) is 39.6 Å². The fourth-order valence-corrected chi connectivity index (χ4v) is 5.92. The molecule has 2 aliphatic rings. The molecule has 4 atom stereocenters. The fraction of sp³-hybridized carbons (Fsp3) is 0.241. The van der Waals surface area contributed by atoms with Gasteiger partial charge in [0, 0.05) is 24.2 Å². The number of rotatable bonds is 8. The number of nitrogens with one attached hydrogen (secondary N) is 1. The Labute approximate surface area is 238 Å². The van der Waals surface area contributed by atoms with Crippen LogP contribution in [0.1, 0.15) is 27.5 Å². The highest BCUT2D eigenvalue weighted by Crippen LogP contribution is 2.55. The molecule has 2 aliphatic heterocycles. The van der Waals surface area contributed by atoms with Crippen molar-refractivity contribution < 1.29 is 43.4 Å². The van der Waals surface area contributed by atoms with Crippen molar-refractivity contribution in [1.82, 2.24) is 5.32 Å². The average molecular weight is 576 g/mol. The molecule has 0 aliphatic carbocycles. The highest BCUT2D eigenvalue weighted by molar-refractivity contribution is 6.24. The van der Waals surface area contributed by atoms with Crippen molar-refractivity contribution >= 4 is 35.1 Å². The van der Waals surface area contributed by atoms with Gasteiger partial charge in [-0.3, -0.25) is 25.0 Å². The number of hydrogen-bond donors (Lipinski definition) is 2. The second kappa shape index (κ2) is 10.6. The number of carbonyl (C=O) groups excluding carboxylic acids is 3. The molecule has 0 saturated carbocycles. The molecule has 2 heterocycles. The molecule has 0 spiro atoms. The second-order valence-corrected chi connectivity index (χ2v) is 9.68. The van der Waals surface area contributed by atoms with Crippen molar-refractivity contribution in [3.05, 3.63) is 93.5 Å². The van der Waals surface area contributed by atoms with E-state index < -0.39 is 52.1 Å². The van der Waals surface area contributed by atoms with Gasteiger partial charge in [0.15, 0.2) is 5.54 Å². The first-order chi connectivity index (χ1) is 20.1. The first-order valence-electron chi connectivity index (χ1n) is 12.6. The van der Waals surface area contributed by atoms with Gasteiger partial charge in [-0.05, 0) is 23.3 Å². The van der Waals surface area contributed by atoms with E-state index in [0.717, 1.165) is 18.1 Å². The van der Waals surface area contributed by atoms with Crippen LogP contribution in [0, 0.1) is 22.0 Å². The van der Waals surface area contributed by atoms with Crippen molar-refractivity contribution in [1.29, 1.82) is 0 Å². The normalized spacial score (nSPS) is 22.9. The molecular weight excluding hydrogens is 550 g/mol. The monoisotopic (exact) mass is 575 g/mol. The van der Waals surface area contributed by atoms with Gasteiger partial charge < -0.3 is 19.3 Å². The number of methoxy groups -OCH3 is 3. The van der Waals surface area contributed by atoms with Gasteiger partial charge in [0.25, 0.3) is 5.69 Å². The Balaban J connectivity index is 1.80. The summed E-state index contributed by atoms with van der Waals surface area (Å²) in [5, 5.41) is 25.2. The number of fused-ring (bicyclic) bond motifs is 1. The molecule has 3 aromatic rings. The minimum absolute atomic E-state index is 0.0365. The highest BCUT2D eigenvalue weighted by Gasteiger charge is 2.69. The second-order valence-electron chi connectivity index (χ2n) is 9.68. The lowest BCUT2D eigenvalue weighted by molar-refractivity contribution is -0.384. The van der Waals surface area contributed by atoms with Gasteiger partial charge in [-0.15, -0.1) is 0 Å². The summed E-state index contributed by atoms with van der Waals surface area (Å²) in [5.41, 5.74) is -2.39. The van der Waals surface area contributed by atoms with Crippen molar-refractivity contribution in [2.24, 2.45) is 11.8 Å². The van der Waals surface area contributed by atoms with Crippen LogP contribution in [0.5, 0.6) is 11.5 Å². The van der Waals surface area contributed by atoms with Gasteiger partial charge in [0.05, 0.1) is 43.8 Å². The third-order valence-electron chi connectivity index (χ3n) is 7.71. The standard InChI is InChI=1S/C29H25N3O10/c1-40-18-13-19(21(27(35)42-3)20(14-18)41-2)24-22-23(29(30-24,28(36)37)15-8-5-4-6-9-15)26(34)31(25(22)33)16-10-7-11-17(12-16)32(38)39/h4-14,22-24,30H,1-3H3,(H,36,37). The van der Waals surface area contributed by atoms with Crippen LogP contribution in [0.25, 0.3) is 0 Å². The molecule has 0 radical (unpaired) electrons. The number of aliphatic carboxylic acids is 1. The van der Waals surface area contributed by atoms with Crippen LogP contribution < -0.4 is 19.7 Å². The molecule has 13 heteroatoms. The summed E-state index contributed by atoms with van der Waals surface area (Å²) in [6.45, 7) is 0. The lowest BCUT2D eigenvalue weighted by Gasteiger charge is -2.32. The number of non-ortho nitro benzene ring substituents is 1. The number of hydrogen-bond acceptors (Lipinski definition) is 10. The van der Waals surface area contributed by atoms with Gasteiger partial charge in [-0.2, -0.15) is 0 Å². The SMILES string of the molecule is COC(=O)c1c(OC)cc(OC)cc1C1NC(C(=O)O)(c2ccccc2)C2C(=O)N(c3cccc([N+](=O)[O-])c3)C(=O)C12. The molecule has 0 bridgehead atoms. The number of esters is 1. The van der Waals surface area contributed by atoms with Crippen LogP contribution in [-0.2, 0) is 24.7 Å². The van der Waals surface area contributed by atoms with Crippen molar-refractivity contribution in [3.63, 3.8) is 0 Å². The van der Waals surface area contributed by atoms with E-state index in [4.69, 9.17) is 14.2 Å². The number of benzene rings is 3. The van der Waals surface area contributed by atoms with Gasteiger partial charge in [0.1, 0.15) is 17.1 Å². The summed E-state index contributed by atoms with van der Waals surface area (Å²) in [5.74, 6) is -6.57. The molecule has 3 aromatic carbocycles. The number of anilines is 1. The lowest BCUT2D eigenvalue weighted by Crippen LogP contribution is -2.53. The summed E-state index contributed by atoms with van der Waals surface area (Å²) in [6.07, 6.45) is 0. The number of carbonyl (C=O) groups is 4. The number of ether oxygens (including phenoxy) is 3. The molecule has 0 aromatic heterocycles. The molecule has 2 fully saturated rings. The predicted molar refractivity (Wildman–Crippen MR) is 145 cm³/mol. The number of nitro benzene ring substituents is 1. The maximum atomic E-state index is 14.2. The van der Waals surface area contributed by atoms with Crippen molar-refractivity contribution in [3.8, 4) is 11.5 Å². The molecular formula is C29H25N3O10. The van der Waals surface area contributed by atoms with E-state index in [0.29, 0.717) is 0 Å². The van der Waals surface area contributed by atoms with Gasteiger partial charge >= 0.3 is 11.9 Å². The molecule has 42 heavy (non-hydrogen) atoms. The maximum absolute atomic E-state index is 14.2. The van der Waals surface area contributed by atoms with Gasteiger partial charge in [0.2, 0.25) is 11.8 Å². The van der Waals surface area contributed by atoms with E-state index in [1.165, 1.54) is 56.7 Å². The summed E-state index contributed by atoms with van der Waals surface area (Å²) in [6, 6.07) is 14.5. The smallest absolute Gasteiger partial charge is 0.341 e. The van der Waals surface area contributed by atoms with E-state index in [1.54, 1.807) is 18.2 Å². The van der Waals surface area contributed by atoms with E-state index >= 15 is 0 Å². The minimum atomic E-state index is -2.14. The highest BCUT2D eigenvalue weighted by atomic mass is 16.6. The Morgan fingerprint density at radius 1 is 0.976 bits per heavy atom. The molecule has 13 nitrogen and oxygen atoms in total. The Hall–Kier alpha value is -5.30. The Kier molecular flexibility index (Phi) is 7.12. The molecule has 5 rings (SSSR count). The van der Waals surface area contributed by atoms with Crippen LogP contribution in [-0.4, -0.2) is 55.1 Å². The zero-order valence-electron chi connectivity index (χ0n) is 22.6. The summed E-state index contributed by atoms with van der Waals surface area (Å²) < 4.78 is 15.8. The number of amides is 2. The Morgan fingerprint density at radius 3 is 2.29 bits per heavy atom. The van der Waals surface area contributed by atoms with Crippen LogP contribution in [0.15, 0.2) is 66.7 Å². The Bertz CT molecular complexity index is 1630. The fourth-order valence-electron chi connectivity index (χ4n) is 5.92. The van der Waals surface area contributed by atoms with Crippen LogP contribution in [0.3, 0.4) is 0 Å². The number of imide groups is 1. The third-order valence-corrected chi connectivity index (χ3v) is 7.71. The quantitative estimate of drug-likeness (QED) is 0.175. The number of nitro groups is 1. The van der Waals surface area contributed by atoms with Crippen LogP contribution in [0.2, 0.25) is 0 Å². The zero-order valence-corrected chi connectivity index (χ0v) is 22.6. The van der Waals surface area contributed by atoms with E-state index in [2.05, 4.69) is 5.32 Å². The van der Waals surface area contributed by atoms with Crippen molar-refractivity contribution in [2.45, 2.75) is 11.6 Å². The molecule has 2 saturated heterocycles. The Morgan fingerprint density at radius 2 is 1.69 bits per heavy atom. The van der Waals surface area contributed by atoms with Crippen LogP contribution in [0.4, 0.5) is 11.4 Å². The zero-order chi connectivity index (χ0) is 30.3. The summed E-state index contributed by atoms with van der Waals surface area (Å²) >= 11 is 0. The third kappa shape index (κ3) is 4.13. The van der Waals surface area contributed by atoms with Crippen LogP contribution >= 0.6 is 0 Å². The lowest BCUT2D eigenvalue weighted by atomic mass is 9.75. The first kappa shape index (κ1) is 28.2. The summed E-state index contributed by atoms with van der Waals surface area (Å²) in [4.78, 5) is 66.2. The van der Waals surface area contributed by atoms with E-state index in [1.807, 2.05) is 0 Å². The predicted octanol–water partition coefficient (Wildman–Crippen LogP) is 2.83. The largest absolute Gasteiger partial charge is 0.497 e. The summed E-state index contributed by atoms with van der Waals surface area (Å²) in [7, 11) is 3.84. The number of nitrogens with zero attached hydrogens (tertiary/aromatic N) is 2. The van der Waals surface area contributed by atoms with E-state index in [9.17, 15) is 34.4 Å². The van der Waals surface area contributed by atoms with Gasteiger partial charge in [-0.25, -0.2) is 14.5 Å².